The molecule has 1 aromatic carbocycles. The third kappa shape index (κ3) is 1.74. The van der Waals surface area contributed by atoms with E-state index >= 15 is 0 Å². The van der Waals surface area contributed by atoms with Crippen LogP contribution in [0, 0.1) is 11.8 Å². The standard InChI is InChI=1S/C16H13NO5/c1-8(18)21-10-4-2-9(3-5-10)17-15(19)13-11-6-7-12(22-11)14(13)16(17)20/h2-7,11-14H,1H3/p+1. The number of benzene rings is 1. The predicted octanol–water partition coefficient (Wildman–Crippen LogP) is 1.32. The molecule has 1 saturated heterocycles. The van der Waals surface area contributed by atoms with Crippen LogP contribution >= 0.6 is 0 Å². The summed E-state index contributed by atoms with van der Waals surface area (Å²) in [5.41, 5.74) is 0.548. The van der Waals surface area contributed by atoms with Crippen LogP contribution in [0.25, 0.3) is 0 Å². The fourth-order valence-corrected chi connectivity index (χ4v) is 3.41. The minimum atomic E-state index is -0.409. The van der Waals surface area contributed by atoms with Gasteiger partial charge in [-0.3, -0.25) is 4.79 Å². The van der Waals surface area contributed by atoms with Gasteiger partial charge < -0.3 is 14.6 Å². The van der Waals surface area contributed by atoms with E-state index in [0.29, 0.717) is 11.4 Å². The maximum atomic E-state index is 12.6. The molecule has 2 bridgehead atoms. The van der Waals surface area contributed by atoms with Crippen LogP contribution in [0.4, 0.5) is 5.69 Å². The number of carbonyl (C=O) groups is 2. The van der Waals surface area contributed by atoms with E-state index in [2.05, 4.69) is 0 Å². The summed E-state index contributed by atoms with van der Waals surface area (Å²) in [6.07, 6.45) is 3.28. The maximum absolute atomic E-state index is 12.6. The molecule has 22 heavy (non-hydrogen) atoms. The molecule has 1 amide bonds. The molecule has 0 radical (unpaired) electrons. The minimum absolute atomic E-state index is 0.0205. The van der Waals surface area contributed by atoms with Gasteiger partial charge in [0.15, 0.2) is 0 Å². The molecule has 4 rings (SSSR count). The third-order valence-corrected chi connectivity index (χ3v) is 4.29. The van der Waals surface area contributed by atoms with Crippen molar-refractivity contribution in [2.75, 3.05) is 0 Å². The zero-order valence-electron chi connectivity index (χ0n) is 11.8. The average molecular weight is 300 g/mol. The maximum Gasteiger partial charge on any atom is 0.402 e. The number of aliphatic hydroxyl groups excluding tert-OH is 1. The van der Waals surface area contributed by atoms with Crippen LogP contribution in [0.3, 0.4) is 0 Å². The lowest BCUT2D eigenvalue weighted by molar-refractivity contribution is -0.373. The van der Waals surface area contributed by atoms with Crippen LogP contribution in [0.5, 0.6) is 5.75 Å². The molecule has 4 unspecified atom stereocenters. The van der Waals surface area contributed by atoms with Gasteiger partial charge in [0.2, 0.25) is 5.69 Å². The zero-order valence-corrected chi connectivity index (χ0v) is 11.8. The summed E-state index contributed by atoms with van der Waals surface area (Å²) in [4.78, 5) is 23.5. The number of aliphatic hydroxyl groups is 1. The summed E-state index contributed by atoms with van der Waals surface area (Å²) in [5.74, 6) is -0.827. The highest BCUT2D eigenvalue weighted by Gasteiger charge is 2.63. The van der Waals surface area contributed by atoms with E-state index in [1.165, 1.54) is 11.5 Å². The Kier molecular flexibility index (Phi) is 2.71. The van der Waals surface area contributed by atoms with Gasteiger partial charge in [-0.05, 0) is 12.1 Å². The highest BCUT2D eigenvalue weighted by Crippen LogP contribution is 2.44. The Hall–Kier alpha value is -2.47. The normalized spacial score (nSPS) is 31.8. The first kappa shape index (κ1) is 13.2. The van der Waals surface area contributed by atoms with Crippen LogP contribution in [0.1, 0.15) is 6.92 Å². The first-order valence-corrected chi connectivity index (χ1v) is 7.08. The number of fused-ring (bicyclic) bond motifs is 5. The molecule has 0 saturated carbocycles. The highest BCUT2D eigenvalue weighted by atomic mass is 16.5. The molecule has 6 heteroatoms. The van der Waals surface area contributed by atoms with E-state index < -0.39 is 5.97 Å². The molecular weight excluding hydrogens is 286 g/mol. The van der Waals surface area contributed by atoms with Crippen molar-refractivity contribution in [2.24, 2.45) is 11.8 Å². The summed E-state index contributed by atoms with van der Waals surface area (Å²) < 4.78 is 11.9. The van der Waals surface area contributed by atoms with E-state index in [1.54, 1.807) is 24.3 Å². The third-order valence-electron chi connectivity index (χ3n) is 4.29. The number of rotatable bonds is 2. The summed E-state index contributed by atoms with van der Waals surface area (Å²) in [5, 5.41) is 10.4. The minimum Gasteiger partial charge on any atom is -0.462 e. The number of esters is 1. The van der Waals surface area contributed by atoms with Crippen molar-refractivity contribution in [3.63, 3.8) is 0 Å². The Bertz CT molecular complexity index is 733. The molecule has 0 aliphatic carbocycles. The number of carbonyl (C=O) groups excluding carboxylic acids is 2. The van der Waals surface area contributed by atoms with Crippen molar-refractivity contribution < 1.29 is 28.7 Å². The van der Waals surface area contributed by atoms with Gasteiger partial charge in [0, 0.05) is 19.1 Å². The van der Waals surface area contributed by atoms with Crippen molar-refractivity contribution in [3.8, 4) is 5.75 Å². The van der Waals surface area contributed by atoms with E-state index in [9.17, 15) is 14.7 Å². The Morgan fingerprint density at radius 2 is 1.82 bits per heavy atom. The van der Waals surface area contributed by atoms with Crippen molar-refractivity contribution in [1.82, 2.24) is 0 Å². The molecule has 3 aliphatic rings. The molecule has 6 nitrogen and oxygen atoms in total. The van der Waals surface area contributed by atoms with E-state index in [1.807, 2.05) is 12.2 Å². The molecule has 1 aromatic rings. The lowest BCUT2D eigenvalue weighted by Gasteiger charge is -2.08. The van der Waals surface area contributed by atoms with E-state index in [-0.39, 0.29) is 35.8 Å². The summed E-state index contributed by atoms with van der Waals surface area (Å²) in [6.45, 7) is 1.32. The molecule has 4 atom stereocenters. The van der Waals surface area contributed by atoms with Gasteiger partial charge in [0.25, 0.3) is 0 Å². The van der Waals surface area contributed by atoms with Gasteiger partial charge in [0.05, 0.1) is 12.2 Å². The average Bonchev–Trinajstić information content (AvgIpc) is 3.14. The Morgan fingerprint density at radius 1 is 1.18 bits per heavy atom. The molecule has 3 aliphatic heterocycles. The van der Waals surface area contributed by atoms with Gasteiger partial charge >= 0.3 is 17.8 Å². The first-order chi connectivity index (χ1) is 10.6. The van der Waals surface area contributed by atoms with Gasteiger partial charge in [0.1, 0.15) is 17.6 Å². The summed E-state index contributed by atoms with van der Waals surface area (Å²) >= 11 is 0. The number of amides is 1. The lowest BCUT2D eigenvalue weighted by atomic mass is 9.85. The van der Waals surface area contributed by atoms with Crippen LogP contribution < -0.4 is 4.74 Å². The molecule has 1 fully saturated rings. The van der Waals surface area contributed by atoms with Crippen LogP contribution in [0.2, 0.25) is 0 Å². The van der Waals surface area contributed by atoms with Gasteiger partial charge in [-0.15, -0.1) is 0 Å². The molecule has 0 aromatic heterocycles. The van der Waals surface area contributed by atoms with Crippen molar-refractivity contribution in [2.45, 2.75) is 19.1 Å². The second-order valence-corrected chi connectivity index (χ2v) is 5.62. The Labute approximate surface area is 126 Å². The number of nitrogens with zero attached hydrogens (tertiary/aromatic N) is 1. The van der Waals surface area contributed by atoms with E-state index in [4.69, 9.17) is 9.47 Å². The number of hydrogen-bond acceptors (Lipinski definition) is 4. The fraction of sp³-hybridized carbons (Fsp3) is 0.312. The van der Waals surface area contributed by atoms with Crippen LogP contribution in [-0.4, -0.2) is 39.7 Å². The van der Waals surface area contributed by atoms with Crippen molar-refractivity contribution in [3.05, 3.63) is 36.4 Å². The molecule has 3 heterocycles. The summed E-state index contributed by atoms with van der Waals surface area (Å²) in [7, 11) is 0. The van der Waals surface area contributed by atoms with E-state index in [0.717, 1.165) is 0 Å². The zero-order chi connectivity index (χ0) is 15.4. The smallest absolute Gasteiger partial charge is 0.402 e. The Balaban J connectivity index is 1.68. The Morgan fingerprint density at radius 3 is 2.41 bits per heavy atom. The molecule has 0 spiro atoms. The van der Waals surface area contributed by atoms with Crippen molar-refractivity contribution >= 4 is 23.5 Å². The molecular formula is C16H14NO5+. The first-order valence-electron chi connectivity index (χ1n) is 7.08. The topological polar surface area (TPSA) is 75.8 Å². The SMILES string of the molecule is CC(=O)Oc1ccc([N+]2=C(O)C3C4C=CC(O4)C3C2=O)cc1. The molecule has 112 valence electrons. The predicted molar refractivity (Wildman–Crippen MR) is 75.1 cm³/mol. The van der Waals surface area contributed by atoms with Gasteiger partial charge in [-0.25, -0.2) is 4.79 Å². The highest BCUT2D eigenvalue weighted by molar-refractivity contribution is 5.94. The van der Waals surface area contributed by atoms with Crippen molar-refractivity contribution in [1.29, 1.82) is 0 Å². The quantitative estimate of drug-likeness (QED) is 0.386. The van der Waals surface area contributed by atoms with Gasteiger partial charge in [-0.1, -0.05) is 16.7 Å². The van der Waals surface area contributed by atoms with Gasteiger partial charge in [-0.2, -0.15) is 0 Å². The van der Waals surface area contributed by atoms with Crippen LogP contribution in [0.15, 0.2) is 36.4 Å². The fourth-order valence-electron chi connectivity index (χ4n) is 3.41. The lowest BCUT2D eigenvalue weighted by Crippen LogP contribution is -2.29. The summed E-state index contributed by atoms with van der Waals surface area (Å²) in [6, 6.07) is 6.47. The second-order valence-electron chi connectivity index (χ2n) is 5.62. The second kappa shape index (κ2) is 4.51. The monoisotopic (exact) mass is 300 g/mol. The van der Waals surface area contributed by atoms with Crippen LogP contribution in [-0.2, 0) is 14.3 Å². The molecule has 1 N–H and O–H groups in total. The number of ether oxygens (including phenoxy) is 2. The number of hydrogen-bond donors (Lipinski definition) is 1. The largest absolute Gasteiger partial charge is 0.462 e.